The predicted octanol–water partition coefficient (Wildman–Crippen LogP) is 3.17. The zero-order valence-corrected chi connectivity index (χ0v) is 17.4. The molecule has 0 radical (unpaired) electrons. The van der Waals surface area contributed by atoms with Crippen molar-refractivity contribution < 1.29 is 22.7 Å². The lowest BCUT2D eigenvalue weighted by Gasteiger charge is -2.17. The number of amides is 1. The van der Waals surface area contributed by atoms with Gasteiger partial charge in [0.2, 0.25) is 15.9 Å². The fourth-order valence-electron chi connectivity index (χ4n) is 2.94. The van der Waals surface area contributed by atoms with E-state index in [0.29, 0.717) is 11.3 Å². The van der Waals surface area contributed by atoms with E-state index >= 15 is 0 Å². The highest BCUT2D eigenvalue weighted by molar-refractivity contribution is 7.89. The quantitative estimate of drug-likeness (QED) is 0.675. The van der Waals surface area contributed by atoms with E-state index in [1.165, 1.54) is 19.2 Å². The highest BCUT2D eigenvalue weighted by atomic mass is 32.2. The van der Waals surface area contributed by atoms with Crippen LogP contribution in [0, 0.1) is 12.8 Å². The molecule has 0 aliphatic heterocycles. The summed E-state index contributed by atoms with van der Waals surface area (Å²) < 4.78 is 33.1. The van der Waals surface area contributed by atoms with Gasteiger partial charge in [-0.2, -0.15) is 0 Å². The molecule has 0 spiro atoms. The van der Waals surface area contributed by atoms with E-state index in [1.807, 2.05) is 0 Å². The maximum absolute atomic E-state index is 12.9. The van der Waals surface area contributed by atoms with E-state index in [-0.39, 0.29) is 22.3 Å². The zero-order chi connectivity index (χ0) is 21.2. The first-order chi connectivity index (χ1) is 13.7. The monoisotopic (exact) mass is 416 g/mol. The van der Waals surface area contributed by atoms with Gasteiger partial charge >= 0.3 is 5.97 Å². The standard InChI is InChI=1S/C21H24N2O5S/c1-13-4-5-17(21(25)28-3)12-19(13)29(26,27)23-14(2)15-8-10-18(11-9-15)22-20(24)16-6-7-16/h4-5,8-12,14,16,23H,6-7H2,1-3H3,(H,22,24)/t14-/m1/s1. The molecular weight excluding hydrogens is 392 g/mol. The summed E-state index contributed by atoms with van der Waals surface area (Å²) in [6.07, 6.45) is 1.86. The van der Waals surface area contributed by atoms with Crippen LogP contribution in [0.2, 0.25) is 0 Å². The molecule has 2 N–H and O–H groups in total. The average Bonchev–Trinajstić information content (AvgIpc) is 3.53. The average molecular weight is 416 g/mol. The summed E-state index contributed by atoms with van der Waals surface area (Å²) in [6, 6.07) is 11.0. The Labute approximate surface area is 170 Å². The number of anilines is 1. The number of esters is 1. The first-order valence-electron chi connectivity index (χ1n) is 9.33. The van der Waals surface area contributed by atoms with Crippen LogP contribution in [0.1, 0.15) is 47.3 Å². The first-order valence-corrected chi connectivity index (χ1v) is 10.8. The van der Waals surface area contributed by atoms with E-state index in [1.54, 1.807) is 44.2 Å². The molecule has 7 nitrogen and oxygen atoms in total. The molecule has 1 amide bonds. The normalized spacial score (nSPS) is 14.9. The van der Waals surface area contributed by atoms with Crippen LogP contribution in [0.15, 0.2) is 47.4 Å². The second kappa shape index (κ2) is 8.34. The topological polar surface area (TPSA) is 102 Å². The third kappa shape index (κ3) is 5.02. The SMILES string of the molecule is COC(=O)c1ccc(C)c(S(=O)(=O)N[C@H](C)c2ccc(NC(=O)C3CC3)cc2)c1. The molecule has 8 heteroatoms. The second-order valence-corrected chi connectivity index (χ2v) is 8.88. The van der Waals surface area contributed by atoms with E-state index in [9.17, 15) is 18.0 Å². The highest BCUT2D eigenvalue weighted by Gasteiger charge is 2.29. The zero-order valence-electron chi connectivity index (χ0n) is 16.6. The molecule has 1 atom stereocenters. The van der Waals surface area contributed by atoms with Crippen molar-refractivity contribution in [2.75, 3.05) is 12.4 Å². The van der Waals surface area contributed by atoms with E-state index in [2.05, 4.69) is 14.8 Å². The van der Waals surface area contributed by atoms with Gasteiger partial charge in [0.05, 0.1) is 17.6 Å². The van der Waals surface area contributed by atoms with Crippen molar-refractivity contribution in [3.63, 3.8) is 0 Å². The molecule has 1 saturated carbocycles. The largest absolute Gasteiger partial charge is 0.465 e. The molecule has 3 rings (SSSR count). The van der Waals surface area contributed by atoms with Crippen LogP contribution in [0.4, 0.5) is 5.69 Å². The third-order valence-corrected chi connectivity index (χ3v) is 6.54. The third-order valence-electron chi connectivity index (χ3n) is 4.86. The summed E-state index contributed by atoms with van der Waals surface area (Å²) in [4.78, 5) is 23.6. The first kappa shape index (κ1) is 21.0. The van der Waals surface area contributed by atoms with Crippen LogP contribution in [-0.4, -0.2) is 27.4 Å². The number of hydrogen-bond donors (Lipinski definition) is 2. The van der Waals surface area contributed by atoms with Crippen molar-refractivity contribution in [3.8, 4) is 0 Å². The molecular formula is C21H24N2O5S. The highest BCUT2D eigenvalue weighted by Crippen LogP contribution is 2.30. The van der Waals surface area contributed by atoms with Crippen LogP contribution in [0.5, 0.6) is 0 Å². The second-order valence-electron chi connectivity index (χ2n) is 7.20. The number of carbonyl (C=O) groups excluding carboxylic acids is 2. The number of aryl methyl sites for hydroxylation is 1. The Morgan fingerprint density at radius 1 is 1.10 bits per heavy atom. The summed E-state index contributed by atoms with van der Waals surface area (Å²) in [5.74, 6) is -0.463. The molecule has 2 aromatic rings. The van der Waals surface area contributed by atoms with E-state index in [0.717, 1.165) is 18.4 Å². The van der Waals surface area contributed by atoms with Crippen molar-refractivity contribution in [2.24, 2.45) is 5.92 Å². The lowest BCUT2D eigenvalue weighted by atomic mass is 10.1. The Hall–Kier alpha value is -2.71. The smallest absolute Gasteiger partial charge is 0.337 e. The number of nitrogens with one attached hydrogen (secondary N) is 2. The minimum atomic E-state index is -3.86. The lowest BCUT2D eigenvalue weighted by Crippen LogP contribution is -2.27. The van der Waals surface area contributed by atoms with Gasteiger partial charge < -0.3 is 10.1 Å². The van der Waals surface area contributed by atoms with Crippen LogP contribution in [0.3, 0.4) is 0 Å². The molecule has 1 aliphatic rings. The molecule has 0 heterocycles. The molecule has 1 fully saturated rings. The van der Waals surface area contributed by atoms with Gasteiger partial charge in [-0.25, -0.2) is 17.9 Å². The molecule has 0 aromatic heterocycles. The van der Waals surface area contributed by atoms with Crippen molar-refractivity contribution in [1.29, 1.82) is 0 Å². The number of sulfonamides is 1. The summed E-state index contributed by atoms with van der Waals surface area (Å²) in [5.41, 5.74) is 2.12. The van der Waals surface area contributed by atoms with Gasteiger partial charge in [-0.3, -0.25) is 4.79 Å². The fourth-order valence-corrected chi connectivity index (χ4v) is 4.45. The number of ether oxygens (including phenoxy) is 1. The molecule has 29 heavy (non-hydrogen) atoms. The Morgan fingerprint density at radius 2 is 1.76 bits per heavy atom. The fraction of sp³-hybridized carbons (Fsp3) is 0.333. The number of carbonyl (C=O) groups is 2. The van der Waals surface area contributed by atoms with Crippen molar-refractivity contribution in [1.82, 2.24) is 4.72 Å². The number of methoxy groups -OCH3 is 1. The number of hydrogen-bond acceptors (Lipinski definition) is 5. The van der Waals surface area contributed by atoms with Gasteiger partial charge in [-0.1, -0.05) is 18.2 Å². The van der Waals surface area contributed by atoms with Crippen LogP contribution in [-0.2, 0) is 19.6 Å². The Kier molecular flexibility index (Phi) is 6.04. The van der Waals surface area contributed by atoms with Gasteiger partial charge in [-0.05, 0) is 62.1 Å². The van der Waals surface area contributed by atoms with Gasteiger partial charge in [0.1, 0.15) is 0 Å². The van der Waals surface area contributed by atoms with E-state index < -0.39 is 22.0 Å². The minimum absolute atomic E-state index is 0.0208. The van der Waals surface area contributed by atoms with E-state index in [4.69, 9.17) is 0 Å². The Bertz CT molecular complexity index is 1030. The van der Waals surface area contributed by atoms with Crippen molar-refractivity contribution in [2.45, 2.75) is 37.6 Å². The molecule has 1 aliphatic carbocycles. The van der Waals surface area contributed by atoms with Gasteiger partial charge in [-0.15, -0.1) is 0 Å². The predicted molar refractivity (Wildman–Crippen MR) is 109 cm³/mol. The van der Waals surface area contributed by atoms with Crippen LogP contribution in [0.25, 0.3) is 0 Å². The lowest BCUT2D eigenvalue weighted by molar-refractivity contribution is -0.117. The summed E-state index contributed by atoms with van der Waals surface area (Å²) in [7, 11) is -2.62. The summed E-state index contributed by atoms with van der Waals surface area (Å²) >= 11 is 0. The van der Waals surface area contributed by atoms with Gasteiger partial charge in [0.15, 0.2) is 0 Å². The van der Waals surface area contributed by atoms with Crippen molar-refractivity contribution >= 4 is 27.6 Å². The van der Waals surface area contributed by atoms with Crippen LogP contribution < -0.4 is 10.0 Å². The number of rotatable bonds is 7. The molecule has 0 saturated heterocycles. The van der Waals surface area contributed by atoms with Gasteiger partial charge in [0.25, 0.3) is 0 Å². The number of benzene rings is 2. The summed E-state index contributed by atoms with van der Waals surface area (Å²) in [6.45, 7) is 3.40. The van der Waals surface area contributed by atoms with Gasteiger partial charge in [0, 0.05) is 17.6 Å². The molecule has 2 aromatic carbocycles. The van der Waals surface area contributed by atoms with Crippen molar-refractivity contribution in [3.05, 3.63) is 59.2 Å². The molecule has 0 bridgehead atoms. The maximum Gasteiger partial charge on any atom is 0.337 e. The Balaban J connectivity index is 1.74. The minimum Gasteiger partial charge on any atom is -0.465 e. The summed E-state index contributed by atoms with van der Waals surface area (Å²) in [5, 5.41) is 2.85. The molecule has 0 unspecified atom stereocenters. The van der Waals surface area contributed by atoms with Crippen LogP contribution >= 0.6 is 0 Å². The Morgan fingerprint density at radius 3 is 2.34 bits per heavy atom. The molecule has 154 valence electrons. The maximum atomic E-state index is 12.9.